The molecule has 0 saturated heterocycles. The van der Waals surface area contributed by atoms with Gasteiger partial charge in [-0.05, 0) is 30.0 Å². The van der Waals surface area contributed by atoms with E-state index in [0.717, 1.165) is 5.75 Å². The summed E-state index contributed by atoms with van der Waals surface area (Å²) in [4.78, 5) is 0. The molecular formula is C13H17NO. The number of hydrogen-bond donors (Lipinski definition) is 0. The van der Waals surface area contributed by atoms with Gasteiger partial charge in [-0.15, -0.1) is 0 Å². The van der Waals surface area contributed by atoms with Crippen LogP contribution in [0.3, 0.4) is 0 Å². The molecule has 15 heavy (non-hydrogen) atoms. The molecule has 0 aliphatic carbocycles. The van der Waals surface area contributed by atoms with Crippen LogP contribution in [0.4, 0.5) is 0 Å². The van der Waals surface area contributed by atoms with Crippen LogP contribution in [0.5, 0.6) is 5.75 Å². The highest BCUT2D eigenvalue weighted by Gasteiger charge is 2.06. The van der Waals surface area contributed by atoms with Crippen molar-refractivity contribution in [2.75, 3.05) is 0 Å². The van der Waals surface area contributed by atoms with Crippen LogP contribution in [0, 0.1) is 11.3 Å². The smallest absolute Gasteiger partial charge is 0.184 e. The Morgan fingerprint density at radius 1 is 1.27 bits per heavy atom. The van der Waals surface area contributed by atoms with Crippen LogP contribution in [0.2, 0.25) is 0 Å². The third kappa shape index (κ3) is 3.28. The minimum absolute atomic E-state index is 0.338. The van der Waals surface area contributed by atoms with E-state index < -0.39 is 0 Å². The average Bonchev–Trinajstić information content (AvgIpc) is 2.26. The maximum Gasteiger partial charge on any atom is 0.184 e. The molecule has 0 aliphatic rings. The predicted molar refractivity (Wildman–Crippen MR) is 60.9 cm³/mol. The summed E-state index contributed by atoms with van der Waals surface area (Å²) in [5.41, 5.74) is 1.28. The molecule has 1 atom stereocenters. The van der Waals surface area contributed by atoms with Gasteiger partial charge >= 0.3 is 0 Å². The summed E-state index contributed by atoms with van der Waals surface area (Å²) in [6.45, 7) is 6.25. The van der Waals surface area contributed by atoms with Crippen molar-refractivity contribution in [1.82, 2.24) is 0 Å². The van der Waals surface area contributed by atoms with E-state index in [1.807, 2.05) is 31.2 Å². The highest BCUT2D eigenvalue weighted by atomic mass is 16.5. The fraction of sp³-hybridized carbons (Fsp3) is 0.462. The first-order valence-electron chi connectivity index (χ1n) is 5.33. The van der Waals surface area contributed by atoms with Gasteiger partial charge in [0.25, 0.3) is 0 Å². The third-order valence-corrected chi connectivity index (χ3v) is 2.34. The molecule has 0 bridgehead atoms. The zero-order chi connectivity index (χ0) is 11.3. The third-order valence-electron chi connectivity index (χ3n) is 2.34. The summed E-state index contributed by atoms with van der Waals surface area (Å²) in [5.74, 6) is 1.30. The van der Waals surface area contributed by atoms with E-state index in [0.29, 0.717) is 12.3 Å². The van der Waals surface area contributed by atoms with Gasteiger partial charge in [0.1, 0.15) is 11.8 Å². The van der Waals surface area contributed by atoms with Gasteiger partial charge in [-0.1, -0.05) is 32.9 Å². The topological polar surface area (TPSA) is 33.0 Å². The van der Waals surface area contributed by atoms with Gasteiger partial charge in [0, 0.05) is 0 Å². The van der Waals surface area contributed by atoms with Gasteiger partial charge < -0.3 is 4.74 Å². The number of benzene rings is 1. The van der Waals surface area contributed by atoms with Crippen LogP contribution in [0.1, 0.15) is 38.7 Å². The molecule has 1 rings (SSSR count). The first-order chi connectivity index (χ1) is 7.17. The number of nitrogens with zero attached hydrogens (tertiary/aromatic N) is 1. The van der Waals surface area contributed by atoms with Crippen LogP contribution in [0.25, 0.3) is 0 Å². The lowest BCUT2D eigenvalue weighted by Gasteiger charge is -2.11. The molecule has 0 N–H and O–H groups in total. The normalized spacial score (nSPS) is 12.2. The lowest BCUT2D eigenvalue weighted by molar-refractivity contribution is 0.252. The van der Waals surface area contributed by atoms with Gasteiger partial charge in [-0.3, -0.25) is 0 Å². The Hall–Kier alpha value is -1.49. The van der Waals surface area contributed by atoms with Crippen LogP contribution in [-0.2, 0) is 0 Å². The SMILES string of the molecule is CCC(C#N)Oc1ccc(C(C)C)cc1. The van der Waals surface area contributed by atoms with E-state index in [1.165, 1.54) is 5.56 Å². The van der Waals surface area contributed by atoms with Crippen molar-refractivity contribution in [2.24, 2.45) is 0 Å². The van der Waals surface area contributed by atoms with E-state index in [9.17, 15) is 0 Å². The number of nitriles is 1. The molecule has 0 aliphatic heterocycles. The molecule has 80 valence electrons. The lowest BCUT2D eigenvalue weighted by atomic mass is 10.0. The Morgan fingerprint density at radius 2 is 1.87 bits per heavy atom. The Labute approximate surface area is 91.5 Å². The fourth-order valence-electron chi connectivity index (χ4n) is 1.30. The summed E-state index contributed by atoms with van der Waals surface area (Å²) >= 11 is 0. The zero-order valence-electron chi connectivity index (χ0n) is 9.53. The highest BCUT2D eigenvalue weighted by molar-refractivity contribution is 5.29. The average molecular weight is 203 g/mol. The van der Waals surface area contributed by atoms with E-state index in [2.05, 4.69) is 19.9 Å². The Morgan fingerprint density at radius 3 is 2.27 bits per heavy atom. The van der Waals surface area contributed by atoms with Gasteiger partial charge in [0.15, 0.2) is 6.10 Å². The van der Waals surface area contributed by atoms with Crippen molar-refractivity contribution in [1.29, 1.82) is 5.26 Å². The second kappa shape index (κ2) is 5.41. The van der Waals surface area contributed by atoms with Crippen LogP contribution in [0.15, 0.2) is 24.3 Å². The van der Waals surface area contributed by atoms with Crippen molar-refractivity contribution in [3.63, 3.8) is 0 Å². The van der Waals surface area contributed by atoms with Crippen molar-refractivity contribution in [3.8, 4) is 11.8 Å². The number of ether oxygens (including phenoxy) is 1. The lowest BCUT2D eigenvalue weighted by Crippen LogP contribution is -2.12. The molecule has 1 unspecified atom stereocenters. The summed E-state index contributed by atoms with van der Waals surface area (Å²) < 4.78 is 5.49. The molecule has 0 amide bonds. The largest absolute Gasteiger partial charge is 0.476 e. The highest BCUT2D eigenvalue weighted by Crippen LogP contribution is 2.19. The molecule has 0 saturated carbocycles. The zero-order valence-corrected chi connectivity index (χ0v) is 9.53. The Bertz CT molecular complexity index is 335. The first-order valence-corrected chi connectivity index (χ1v) is 5.33. The van der Waals surface area contributed by atoms with Crippen molar-refractivity contribution < 1.29 is 4.74 Å². The molecule has 0 fully saturated rings. The van der Waals surface area contributed by atoms with E-state index in [4.69, 9.17) is 10.00 Å². The van der Waals surface area contributed by atoms with Crippen LogP contribution < -0.4 is 4.74 Å². The number of hydrogen-bond acceptors (Lipinski definition) is 2. The maximum atomic E-state index is 8.76. The molecular weight excluding hydrogens is 186 g/mol. The van der Waals surface area contributed by atoms with E-state index >= 15 is 0 Å². The summed E-state index contributed by atoms with van der Waals surface area (Å²) in [7, 11) is 0. The maximum absolute atomic E-state index is 8.76. The van der Waals surface area contributed by atoms with Crippen molar-refractivity contribution in [3.05, 3.63) is 29.8 Å². The van der Waals surface area contributed by atoms with E-state index in [1.54, 1.807) is 0 Å². The fourth-order valence-corrected chi connectivity index (χ4v) is 1.30. The van der Waals surface area contributed by atoms with Crippen LogP contribution >= 0.6 is 0 Å². The molecule has 1 aromatic rings. The second-order valence-electron chi connectivity index (χ2n) is 3.87. The summed E-state index contributed by atoms with van der Waals surface area (Å²) in [5, 5.41) is 8.76. The van der Waals surface area contributed by atoms with Gasteiger partial charge in [0.2, 0.25) is 0 Å². The molecule has 0 heterocycles. The molecule has 1 aromatic carbocycles. The standard InChI is InChI=1S/C13H17NO/c1-4-12(9-14)15-13-7-5-11(6-8-13)10(2)3/h5-8,10,12H,4H2,1-3H3. The first kappa shape index (κ1) is 11.6. The second-order valence-corrected chi connectivity index (χ2v) is 3.87. The monoisotopic (exact) mass is 203 g/mol. The van der Waals surface area contributed by atoms with Gasteiger partial charge in [-0.25, -0.2) is 0 Å². The van der Waals surface area contributed by atoms with Crippen molar-refractivity contribution in [2.45, 2.75) is 39.2 Å². The van der Waals surface area contributed by atoms with Gasteiger partial charge in [-0.2, -0.15) is 5.26 Å². The molecule has 0 radical (unpaired) electrons. The predicted octanol–water partition coefficient (Wildman–Crippen LogP) is 3.49. The molecule has 2 heteroatoms. The summed E-state index contributed by atoms with van der Waals surface area (Å²) in [6.07, 6.45) is 0.373. The molecule has 0 aromatic heterocycles. The quantitative estimate of drug-likeness (QED) is 0.750. The van der Waals surface area contributed by atoms with E-state index in [-0.39, 0.29) is 6.10 Å². The van der Waals surface area contributed by atoms with Gasteiger partial charge in [0.05, 0.1) is 0 Å². The minimum atomic E-state index is -0.338. The minimum Gasteiger partial charge on any atom is -0.476 e. The van der Waals surface area contributed by atoms with Crippen molar-refractivity contribution >= 4 is 0 Å². The Balaban J connectivity index is 2.69. The Kier molecular flexibility index (Phi) is 4.17. The molecule has 0 spiro atoms. The molecule has 2 nitrogen and oxygen atoms in total. The van der Waals surface area contributed by atoms with Crippen LogP contribution in [-0.4, -0.2) is 6.10 Å². The summed E-state index contributed by atoms with van der Waals surface area (Å²) in [6, 6.07) is 10.1. The number of rotatable bonds is 4.